The van der Waals surface area contributed by atoms with Crippen LogP contribution in [0.15, 0.2) is 24.4 Å². The summed E-state index contributed by atoms with van der Waals surface area (Å²) in [6.45, 7) is 14.6. The van der Waals surface area contributed by atoms with Gasteiger partial charge in [0.1, 0.15) is 5.60 Å². The number of aromatic nitrogens is 2. The highest BCUT2D eigenvalue weighted by atomic mass is 16.7. The van der Waals surface area contributed by atoms with Gasteiger partial charge < -0.3 is 19.4 Å². The zero-order valence-corrected chi connectivity index (χ0v) is 21.1. The molecule has 0 unspecified atom stereocenters. The monoisotopic (exact) mass is 455 g/mol. The van der Waals surface area contributed by atoms with Crippen LogP contribution in [0.4, 0.5) is 4.79 Å². The van der Waals surface area contributed by atoms with Crippen LogP contribution >= 0.6 is 0 Å². The molecule has 1 saturated heterocycles. The molecule has 2 aromatic rings. The number of nitrogens with zero attached hydrogens (tertiary/aromatic N) is 2. The standard InChI is InChI=1S/C25H38BN3O4/c1-23(2,3)31-22(30)27-15-17-8-11-20(12-9-17)29-16-18-14-19(10-13-21(18)28-29)26-32-24(4,5)25(6,7)33-26/h10,13-14,16-17,20H,8-9,11-12,15H2,1-7H3,(H,27,30). The molecular formula is C25H38BN3O4. The van der Waals surface area contributed by atoms with Crippen molar-refractivity contribution in [3.05, 3.63) is 24.4 Å². The second-order valence-corrected chi connectivity index (χ2v) is 11.6. The van der Waals surface area contributed by atoms with Crippen molar-refractivity contribution in [3.8, 4) is 0 Å². The van der Waals surface area contributed by atoms with Gasteiger partial charge in [0.2, 0.25) is 0 Å². The first-order valence-corrected chi connectivity index (χ1v) is 12.1. The quantitative estimate of drug-likeness (QED) is 0.683. The van der Waals surface area contributed by atoms with E-state index in [1.807, 2.05) is 20.8 Å². The Hall–Kier alpha value is -2.06. The Morgan fingerprint density at radius 2 is 1.79 bits per heavy atom. The number of rotatable bonds is 4. The third-order valence-electron chi connectivity index (χ3n) is 7.20. The number of fused-ring (bicyclic) bond motifs is 1. The fraction of sp³-hybridized carbons (Fsp3) is 0.680. The predicted octanol–water partition coefficient (Wildman–Crippen LogP) is 4.59. The number of alkyl carbamates (subject to hydrolysis) is 1. The number of carbonyl (C=O) groups excluding carboxylic acids is 1. The van der Waals surface area contributed by atoms with Gasteiger partial charge >= 0.3 is 13.2 Å². The van der Waals surface area contributed by atoms with Crippen LogP contribution in [0.5, 0.6) is 0 Å². The highest BCUT2D eigenvalue weighted by molar-refractivity contribution is 6.62. The fourth-order valence-corrected chi connectivity index (χ4v) is 4.53. The topological polar surface area (TPSA) is 74.6 Å². The molecule has 2 fully saturated rings. The van der Waals surface area contributed by atoms with Gasteiger partial charge in [-0.2, -0.15) is 5.10 Å². The van der Waals surface area contributed by atoms with E-state index >= 15 is 0 Å². The van der Waals surface area contributed by atoms with Gasteiger partial charge in [-0.15, -0.1) is 0 Å². The molecule has 1 aliphatic heterocycles. The van der Waals surface area contributed by atoms with E-state index in [1.54, 1.807) is 0 Å². The van der Waals surface area contributed by atoms with Crippen molar-refractivity contribution in [2.45, 2.75) is 97.0 Å². The zero-order chi connectivity index (χ0) is 24.0. The number of benzene rings is 1. The van der Waals surface area contributed by atoms with Crippen molar-refractivity contribution in [2.75, 3.05) is 6.54 Å². The number of amides is 1. The molecule has 4 rings (SSSR count). The van der Waals surface area contributed by atoms with Gasteiger partial charge in [-0.3, -0.25) is 4.68 Å². The first kappa shape index (κ1) is 24.1. The second kappa shape index (κ2) is 8.62. The Morgan fingerprint density at radius 3 is 2.39 bits per heavy atom. The van der Waals surface area contributed by atoms with Crippen LogP contribution in [0.2, 0.25) is 0 Å². The van der Waals surface area contributed by atoms with Crippen molar-refractivity contribution in [1.29, 1.82) is 0 Å². The van der Waals surface area contributed by atoms with E-state index in [0.717, 1.165) is 42.0 Å². The summed E-state index contributed by atoms with van der Waals surface area (Å²) in [5.74, 6) is 0.480. The molecular weight excluding hydrogens is 417 g/mol. The van der Waals surface area contributed by atoms with Gasteiger partial charge in [0.05, 0.1) is 22.8 Å². The predicted molar refractivity (Wildman–Crippen MR) is 131 cm³/mol. The Morgan fingerprint density at radius 1 is 1.15 bits per heavy atom. The van der Waals surface area contributed by atoms with E-state index < -0.39 is 5.60 Å². The summed E-state index contributed by atoms with van der Waals surface area (Å²) in [5, 5.41) is 8.88. The summed E-state index contributed by atoms with van der Waals surface area (Å²) in [6, 6.07) is 6.64. The van der Waals surface area contributed by atoms with E-state index in [0.29, 0.717) is 18.5 Å². The smallest absolute Gasteiger partial charge is 0.444 e. The highest BCUT2D eigenvalue weighted by Gasteiger charge is 2.51. The van der Waals surface area contributed by atoms with Crippen LogP contribution in [0.3, 0.4) is 0 Å². The zero-order valence-electron chi connectivity index (χ0n) is 21.1. The van der Waals surface area contributed by atoms with Crippen molar-refractivity contribution in [1.82, 2.24) is 15.1 Å². The SMILES string of the molecule is CC(C)(C)OC(=O)NCC1CCC(n2cc3cc(B4OC(C)(C)C(C)(C)O4)ccc3n2)CC1. The third-order valence-corrected chi connectivity index (χ3v) is 7.20. The normalized spacial score (nSPS) is 24.8. The average Bonchev–Trinajstić information content (AvgIpc) is 3.22. The van der Waals surface area contributed by atoms with E-state index in [-0.39, 0.29) is 24.4 Å². The molecule has 1 N–H and O–H groups in total. The Bertz CT molecular complexity index is 987. The van der Waals surface area contributed by atoms with Crippen LogP contribution in [0, 0.1) is 5.92 Å². The highest BCUT2D eigenvalue weighted by Crippen LogP contribution is 2.37. The maximum absolute atomic E-state index is 11.9. The number of hydrogen-bond donors (Lipinski definition) is 1. The van der Waals surface area contributed by atoms with Crippen LogP contribution in [-0.4, -0.2) is 46.3 Å². The van der Waals surface area contributed by atoms with Crippen molar-refractivity contribution >= 4 is 29.6 Å². The Balaban J connectivity index is 1.35. The lowest BCUT2D eigenvalue weighted by molar-refractivity contribution is 0.00578. The average molecular weight is 455 g/mol. The van der Waals surface area contributed by atoms with Gasteiger partial charge in [0.15, 0.2) is 0 Å². The van der Waals surface area contributed by atoms with Gasteiger partial charge in [0.25, 0.3) is 0 Å². The number of hydrogen-bond acceptors (Lipinski definition) is 5. The number of nitrogens with one attached hydrogen (secondary N) is 1. The first-order chi connectivity index (χ1) is 15.3. The lowest BCUT2D eigenvalue weighted by Gasteiger charge is -2.32. The Labute approximate surface area is 197 Å². The molecule has 7 nitrogen and oxygen atoms in total. The van der Waals surface area contributed by atoms with Crippen molar-refractivity contribution in [2.24, 2.45) is 5.92 Å². The summed E-state index contributed by atoms with van der Waals surface area (Å²) < 4.78 is 19.9. The molecule has 1 amide bonds. The molecule has 0 atom stereocenters. The van der Waals surface area contributed by atoms with Crippen LogP contribution in [-0.2, 0) is 14.0 Å². The van der Waals surface area contributed by atoms with Gasteiger partial charge in [0, 0.05) is 18.1 Å². The first-order valence-electron chi connectivity index (χ1n) is 12.1. The molecule has 2 aliphatic rings. The van der Waals surface area contributed by atoms with Crippen molar-refractivity contribution in [3.63, 3.8) is 0 Å². The molecule has 33 heavy (non-hydrogen) atoms. The van der Waals surface area contributed by atoms with Crippen LogP contribution in [0.25, 0.3) is 10.9 Å². The fourth-order valence-electron chi connectivity index (χ4n) is 4.53. The molecule has 8 heteroatoms. The maximum Gasteiger partial charge on any atom is 0.494 e. The van der Waals surface area contributed by atoms with Gasteiger partial charge in [-0.25, -0.2) is 4.79 Å². The molecule has 180 valence electrons. The van der Waals surface area contributed by atoms with Gasteiger partial charge in [-0.1, -0.05) is 12.1 Å². The van der Waals surface area contributed by atoms with E-state index in [9.17, 15) is 4.79 Å². The molecule has 1 aromatic heterocycles. The summed E-state index contributed by atoms with van der Waals surface area (Å²) in [4.78, 5) is 11.9. The Kier molecular flexibility index (Phi) is 6.29. The van der Waals surface area contributed by atoms with Crippen LogP contribution < -0.4 is 10.8 Å². The lowest BCUT2D eigenvalue weighted by atomic mass is 9.79. The van der Waals surface area contributed by atoms with Gasteiger partial charge in [-0.05, 0) is 91.6 Å². The minimum absolute atomic E-state index is 0.333. The molecule has 0 radical (unpaired) electrons. The van der Waals surface area contributed by atoms with E-state index in [2.05, 4.69) is 62.1 Å². The molecule has 1 saturated carbocycles. The molecule has 0 bridgehead atoms. The second-order valence-electron chi connectivity index (χ2n) is 11.6. The van der Waals surface area contributed by atoms with E-state index in [4.69, 9.17) is 19.1 Å². The third kappa shape index (κ3) is 5.38. The summed E-state index contributed by atoms with van der Waals surface area (Å²) >= 11 is 0. The minimum atomic E-state index is -0.466. The van der Waals surface area contributed by atoms with E-state index in [1.165, 1.54) is 0 Å². The molecule has 0 spiro atoms. The summed E-state index contributed by atoms with van der Waals surface area (Å²) in [7, 11) is -0.365. The molecule has 1 aliphatic carbocycles. The number of ether oxygens (including phenoxy) is 1. The van der Waals surface area contributed by atoms with Crippen LogP contribution in [0.1, 0.15) is 80.2 Å². The van der Waals surface area contributed by atoms with Crippen molar-refractivity contribution < 1.29 is 18.8 Å². The molecule has 2 heterocycles. The maximum atomic E-state index is 11.9. The largest absolute Gasteiger partial charge is 0.494 e. The number of carbonyl (C=O) groups is 1. The lowest BCUT2D eigenvalue weighted by Crippen LogP contribution is -2.41. The minimum Gasteiger partial charge on any atom is -0.444 e. The molecule has 1 aromatic carbocycles. The summed E-state index contributed by atoms with van der Waals surface area (Å²) in [6.07, 6.45) is 6.05. The summed E-state index contributed by atoms with van der Waals surface area (Å²) in [5.41, 5.74) is 0.842.